The molecule has 2 amide bonds. The van der Waals surface area contributed by atoms with Gasteiger partial charge in [0.25, 0.3) is 0 Å². The van der Waals surface area contributed by atoms with Crippen molar-refractivity contribution in [3.05, 3.63) is 30.1 Å². The average molecular weight is 379 g/mol. The van der Waals surface area contributed by atoms with Crippen molar-refractivity contribution in [1.82, 2.24) is 15.5 Å². The number of nitrogens with one attached hydrogen (secondary N) is 2. The summed E-state index contributed by atoms with van der Waals surface area (Å²) in [7, 11) is 0. The van der Waals surface area contributed by atoms with E-state index in [9.17, 15) is 14.0 Å². The lowest BCUT2D eigenvalue weighted by atomic mass is 10.0. The maximum atomic E-state index is 13.4. The number of piperidine rings is 1. The smallest absolute Gasteiger partial charge is 0.234 e. The minimum Gasteiger partial charge on any atom is -0.491 e. The van der Waals surface area contributed by atoms with E-state index in [-0.39, 0.29) is 23.6 Å². The molecule has 0 aliphatic carbocycles. The summed E-state index contributed by atoms with van der Waals surface area (Å²) in [5.74, 6) is -0.120. The molecule has 0 aromatic heterocycles. The number of halogens is 1. The van der Waals surface area contributed by atoms with Crippen molar-refractivity contribution in [3.8, 4) is 5.75 Å². The molecule has 1 aromatic carbocycles. The van der Waals surface area contributed by atoms with Crippen LogP contribution in [0.15, 0.2) is 24.3 Å². The molecule has 0 radical (unpaired) electrons. The number of para-hydroxylation sites is 1. The zero-order valence-electron chi connectivity index (χ0n) is 16.0. The predicted octanol–water partition coefficient (Wildman–Crippen LogP) is 2.09. The van der Waals surface area contributed by atoms with Crippen LogP contribution in [-0.4, -0.2) is 55.5 Å². The zero-order chi connectivity index (χ0) is 19.5. The number of ether oxygens (including phenoxy) is 1. The van der Waals surface area contributed by atoms with Gasteiger partial charge in [-0.1, -0.05) is 19.1 Å². The van der Waals surface area contributed by atoms with E-state index in [0.29, 0.717) is 32.5 Å². The summed E-state index contributed by atoms with van der Waals surface area (Å²) in [5, 5.41) is 5.92. The second-order valence-corrected chi connectivity index (χ2v) is 6.85. The number of hydrogen-bond donors (Lipinski definition) is 2. The normalized spacial score (nSPS) is 15.3. The van der Waals surface area contributed by atoms with Gasteiger partial charge < -0.3 is 15.4 Å². The number of rotatable bonds is 10. The summed E-state index contributed by atoms with van der Waals surface area (Å²) < 4.78 is 18.8. The molecule has 7 heteroatoms. The van der Waals surface area contributed by atoms with E-state index in [1.165, 1.54) is 6.07 Å². The number of hydrogen-bond acceptors (Lipinski definition) is 4. The van der Waals surface area contributed by atoms with Gasteiger partial charge in [-0.3, -0.25) is 14.5 Å². The summed E-state index contributed by atoms with van der Waals surface area (Å²) in [5.41, 5.74) is 0. The topological polar surface area (TPSA) is 70.7 Å². The second kappa shape index (κ2) is 11.5. The Morgan fingerprint density at radius 2 is 1.96 bits per heavy atom. The third-order valence-corrected chi connectivity index (χ3v) is 4.53. The molecule has 150 valence electrons. The first kappa shape index (κ1) is 21.2. The minimum atomic E-state index is -0.392. The molecule has 2 rings (SSSR count). The fraction of sp³-hybridized carbons (Fsp3) is 0.600. The molecule has 6 nitrogen and oxygen atoms in total. The van der Waals surface area contributed by atoms with E-state index in [1.54, 1.807) is 18.2 Å². The molecule has 0 saturated carbocycles. The van der Waals surface area contributed by atoms with Gasteiger partial charge in [0, 0.05) is 32.1 Å². The van der Waals surface area contributed by atoms with Gasteiger partial charge in [-0.2, -0.15) is 0 Å². The molecule has 1 aliphatic heterocycles. The third-order valence-electron chi connectivity index (χ3n) is 4.53. The molecule has 1 fully saturated rings. The number of benzene rings is 1. The summed E-state index contributed by atoms with van der Waals surface area (Å²) in [4.78, 5) is 25.9. The highest BCUT2D eigenvalue weighted by atomic mass is 19.1. The van der Waals surface area contributed by atoms with Crippen LogP contribution in [-0.2, 0) is 9.59 Å². The van der Waals surface area contributed by atoms with Crippen LogP contribution in [0.3, 0.4) is 0 Å². The molecule has 0 bridgehead atoms. The minimum absolute atomic E-state index is 0.00808. The lowest BCUT2D eigenvalue weighted by molar-refractivity contribution is -0.124. The van der Waals surface area contributed by atoms with E-state index >= 15 is 0 Å². The van der Waals surface area contributed by atoms with Crippen molar-refractivity contribution in [2.75, 3.05) is 32.8 Å². The van der Waals surface area contributed by atoms with E-state index in [1.807, 2.05) is 6.92 Å². The molecule has 1 saturated heterocycles. The van der Waals surface area contributed by atoms with Gasteiger partial charge in [0.05, 0.1) is 13.2 Å². The SMILES string of the molecule is CCCNC(=O)CN1CCC(NC(=O)CCCOc2ccccc2F)CC1. The Morgan fingerprint density at radius 3 is 2.67 bits per heavy atom. The molecular weight excluding hydrogens is 349 g/mol. The maximum Gasteiger partial charge on any atom is 0.234 e. The highest BCUT2D eigenvalue weighted by Crippen LogP contribution is 2.15. The molecule has 0 atom stereocenters. The first-order valence-electron chi connectivity index (χ1n) is 9.74. The summed E-state index contributed by atoms with van der Waals surface area (Å²) in [6.07, 6.45) is 3.52. The predicted molar refractivity (Wildman–Crippen MR) is 102 cm³/mol. The van der Waals surface area contributed by atoms with Crippen molar-refractivity contribution in [2.45, 2.75) is 45.1 Å². The molecule has 0 unspecified atom stereocenters. The number of likely N-dealkylation sites (tertiary alicyclic amines) is 1. The van der Waals surface area contributed by atoms with Crippen molar-refractivity contribution >= 4 is 11.8 Å². The standard InChI is InChI=1S/C20H30FN3O3/c1-2-11-22-20(26)15-24-12-9-16(10-13-24)23-19(25)8-5-14-27-18-7-4-3-6-17(18)21/h3-4,6-7,16H,2,5,8-15H2,1H3,(H,22,26)(H,23,25). The number of amides is 2. The number of carbonyl (C=O) groups excluding carboxylic acids is 2. The fourth-order valence-electron chi connectivity index (χ4n) is 3.04. The average Bonchev–Trinajstić information content (AvgIpc) is 2.66. The summed E-state index contributed by atoms with van der Waals surface area (Å²) in [6, 6.07) is 6.40. The van der Waals surface area contributed by atoms with Crippen LogP contribution >= 0.6 is 0 Å². The van der Waals surface area contributed by atoms with Crippen LogP contribution in [0.2, 0.25) is 0 Å². The molecule has 1 aromatic rings. The van der Waals surface area contributed by atoms with Crippen LogP contribution in [0.25, 0.3) is 0 Å². The largest absolute Gasteiger partial charge is 0.491 e. The monoisotopic (exact) mass is 379 g/mol. The molecular formula is C20H30FN3O3. The Bertz CT molecular complexity index is 604. The lowest BCUT2D eigenvalue weighted by Gasteiger charge is -2.31. The van der Waals surface area contributed by atoms with E-state index in [4.69, 9.17) is 4.74 Å². The highest BCUT2D eigenvalue weighted by Gasteiger charge is 2.21. The number of carbonyl (C=O) groups is 2. The fourth-order valence-corrected chi connectivity index (χ4v) is 3.04. The van der Waals surface area contributed by atoms with E-state index in [0.717, 1.165) is 32.4 Å². The van der Waals surface area contributed by atoms with Gasteiger partial charge in [-0.15, -0.1) is 0 Å². The Hall–Kier alpha value is -2.15. The molecule has 27 heavy (non-hydrogen) atoms. The Kier molecular flexibility index (Phi) is 9.04. The lowest BCUT2D eigenvalue weighted by Crippen LogP contribution is -2.47. The zero-order valence-corrected chi connectivity index (χ0v) is 16.0. The third kappa shape index (κ3) is 7.95. The summed E-state index contributed by atoms with van der Waals surface area (Å²) >= 11 is 0. The van der Waals surface area contributed by atoms with Crippen molar-refractivity contribution in [2.24, 2.45) is 0 Å². The molecule has 1 aliphatic rings. The van der Waals surface area contributed by atoms with Crippen LogP contribution in [0.5, 0.6) is 5.75 Å². The Balaban J connectivity index is 1.56. The van der Waals surface area contributed by atoms with Crippen molar-refractivity contribution in [3.63, 3.8) is 0 Å². The summed E-state index contributed by atoms with van der Waals surface area (Å²) in [6.45, 7) is 5.09. The van der Waals surface area contributed by atoms with Crippen LogP contribution in [0.1, 0.15) is 39.0 Å². The van der Waals surface area contributed by atoms with Gasteiger partial charge >= 0.3 is 0 Å². The van der Waals surface area contributed by atoms with E-state index < -0.39 is 5.82 Å². The Morgan fingerprint density at radius 1 is 1.22 bits per heavy atom. The van der Waals surface area contributed by atoms with Crippen molar-refractivity contribution in [1.29, 1.82) is 0 Å². The molecule has 1 heterocycles. The molecule has 0 spiro atoms. The Labute approximate surface area is 160 Å². The first-order valence-corrected chi connectivity index (χ1v) is 9.74. The quantitative estimate of drug-likeness (QED) is 0.611. The van der Waals surface area contributed by atoms with Gasteiger partial charge in [0.1, 0.15) is 0 Å². The van der Waals surface area contributed by atoms with Gasteiger partial charge in [-0.25, -0.2) is 4.39 Å². The van der Waals surface area contributed by atoms with Crippen LogP contribution < -0.4 is 15.4 Å². The highest BCUT2D eigenvalue weighted by molar-refractivity contribution is 5.78. The number of nitrogens with zero attached hydrogens (tertiary/aromatic N) is 1. The second-order valence-electron chi connectivity index (χ2n) is 6.85. The van der Waals surface area contributed by atoms with Crippen LogP contribution in [0, 0.1) is 5.82 Å². The molecule has 2 N–H and O–H groups in total. The maximum absolute atomic E-state index is 13.4. The van der Waals surface area contributed by atoms with Crippen LogP contribution in [0.4, 0.5) is 4.39 Å². The van der Waals surface area contributed by atoms with E-state index in [2.05, 4.69) is 15.5 Å². The van der Waals surface area contributed by atoms with Gasteiger partial charge in [0.15, 0.2) is 11.6 Å². The first-order chi connectivity index (χ1) is 13.1. The van der Waals surface area contributed by atoms with Gasteiger partial charge in [-0.05, 0) is 37.8 Å². The van der Waals surface area contributed by atoms with Gasteiger partial charge in [0.2, 0.25) is 11.8 Å². The van der Waals surface area contributed by atoms with Crippen molar-refractivity contribution < 1.29 is 18.7 Å².